The van der Waals surface area contributed by atoms with Gasteiger partial charge in [0.25, 0.3) is 0 Å². The average molecular weight is 356 g/mol. The lowest BCUT2D eigenvalue weighted by Crippen LogP contribution is -2.10. The van der Waals surface area contributed by atoms with Gasteiger partial charge in [0.15, 0.2) is 5.16 Å². The average Bonchev–Trinajstić information content (AvgIpc) is 3.14. The fraction of sp³-hybridized carbons (Fsp3) is 0.235. The number of thioether (sulfide) groups is 1. The lowest BCUT2D eigenvalue weighted by Gasteiger charge is -2.04. The first-order valence-corrected chi connectivity index (χ1v) is 9.57. The highest BCUT2D eigenvalue weighted by atomic mass is 32.2. The summed E-state index contributed by atoms with van der Waals surface area (Å²) in [5.41, 5.74) is 7.83. The van der Waals surface area contributed by atoms with Crippen molar-refractivity contribution >= 4 is 29.0 Å². The molecule has 0 radical (unpaired) electrons. The van der Waals surface area contributed by atoms with Gasteiger partial charge < -0.3 is 10.3 Å². The molecule has 1 aliphatic carbocycles. The summed E-state index contributed by atoms with van der Waals surface area (Å²) >= 11 is 3.33. The fourth-order valence-electron chi connectivity index (χ4n) is 2.46. The van der Waals surface area contributed by atoms with Crippen LogP contribution in [-0.4, -0.2) is 20.4 Å². The van der Waals surface area contributed by atoms with Crippen molar-refractivity contribution in [3.63, 3.8) is 0 Å². The summed E-state index contributed by atoms with van der Waals surface area (Å²) in [6, 6.07) is 7.88. The predicted octanol–water partition coefficient (Wildman–Crippen LogP) is 3.73. The molecule has 3 aromatic rings. The molecule has 1 saturated carbocycles. The van der Waals surface area contributed by atoms with Crippen molar-refractivity contribution in [2.24, 2.45) is 5.73 Å². The summed E-state index contributed by atoms with van der Waals surface area (Å²) in [7, 11) is 0. The van der Waals surface area contributed by atoms with Gasteiger partial charge in [-0.1, -0.05) is 23.9 Å². The standard InChI is InChI=1S/C17H16N4OS2/c18-15(22)11-1-3-12(4-2-11)16-20-13(9-23-16)10-24-17-19-7-8-21(17)14-5-6-14/h1-4,7-9,14H,5-6,10H2,(H2,18,22). The Hall–Kier alpha value is -2.12. The zero-order valence-electron chi connectivity index (χ0n) is 12.9. The Morgan fingerprint density at radius 1 is 1.33 bits per heavy atom. The molecule has 24 heavy (non-hydrogen) atoms. The van der Waals surface area contributed by atoms with Gasteiger partial charge in [-0.2, -0.15) is 0 Å². The quantitative estimate of drug-likeness (QED) is 0.683. The van der Waals surface area contributed by atoms with Gasteiger partial charge >= 0.3 is 0 Å². The molecule has 1 aliphatic rings. The Labute approximate surface area is 147 Å². The monoisotopic (exact) mass is 356 g/mol. The van der Waals surface area contributed by atoms with Crippen molar-refractivity contribution in [2.45, 2.75) is 29.8 Å². The van der Waals surface area contributed by atoms with Gasteiger partial charge in [0, 0.05) is 40.7 Å². The zero-order valence-corrected chi connectivity index (χ0v) is 14.5. The van der Waals surface area contributed by atoms with E-state index in [-0.39, 0.29) is 0 Å². The summed E-state index contributed by atoms with van der Waals surface area (Å²) in [6.07, 6.45) is 6.44. The van der Waals surface area contributed by atoms with Crippen molar-refractivity contribution < 1.29 is 4.79 Å². The Balaban J connectivity index is 1.44. The third-order valence-corrected chi connectivity index (χ3v) is 5.85. The van der Waals surface area contributed by atoms with E-state index < -0.39 is 5.91 Å². The molecule has 2 aromatic heterocycles. The van der Waals surface area contributed by atoms with Gasteiger partial charge in [-0.15, -0.1) is 11.3 Å². The first-order valence-electron chi connectivity index (χ1n) is 7.71. The van der Waals surface area contributed by atoms with Crippen LogP contribution < -0.4 is 5.73 Å². The van der Waals surface area contributed by atoms with Crippen LogP contribution in [0.3, 0.4) is 0 Å². The smallest absolute Gasteiger partial charge is 0.248 e. The number of primary amides is 1. The van der Waals surface area contributed by atoms with E-state index in [1.807, 2.05) is 18.3 Å². The number of aromatic nitrogens is 3. The number of amides is 1. The minimum absolute atomic E-state index is 0.413. The van der Waals surface area contributed by atoms with Crippen LogP contribution in [0.25, 0.3) is 10.6 Å². The zero-order chi connectivity index (χ0) is 16.5. The number of carbonyl (C=O) groups excluding carboxylic acids is 1. The number of nitrogens with two attached hydrogens (primary N) is 1. The first-order chi connectivity index (χ1) is 11.7. The second-order valence-corrected chi connectivity index (χ2v) is 7.52. The maximum Gasteiger partial charge on any atom is 0.248 e. The molecule has 1 amide bonds. The maximum atomic E-state index is 11.1. The van der Waals surface area contributed by atoms with Gasteiger partial charge in [-0.05, 0) is 25.0 Å². The normalized spacial score (nSPS) is 14.0. The van der Waals surface area contributed by atoms with E-state index in [4.69, 9.17) is 5.73 Å². The van der Waals surface area contributed by atoms with Gasteiger partial charge in [0.05, 0.1) is 5.69 Å². The molecule has 4 rings (SSSR count). The summed E-state index contributed by atoms with van der Waals surface area (Å²) in [5, 5.41) is 4.10. The third-order valence-electron chi connectivity index (χ3n) is 3.89. The predicted molar refractivity (Wildman–Crippen MR) is 96.1 cm³/mol. The van der Waals surface area contributed by atoms with E-state index in [9.17, 15) is 4.79 Å². The number of hydrogen-bond donors (Lipinski definition) is 1. The second-order valence-electron chi connectivity index (χ2n) is 5.72. The van der Waals surface area contributed by atoms with Crippen molar-refractivity contribution in [3.8, 4) is 10.6 Å². The molecular weight excluding hydrogens is 340 g/mol. The number of hydrogen-bond acceptors (Lipinski definition) is 5. The van der Waals surface area contributed by atoms with Crippen LogP contribution in [0.5, 0.6) is 0 Å². The summed E-state index contributed by atoms with van der Waals surface area (Å²) in [5.74, 6) is 0.392. The molecule has 0 aliphatic heterocycles. The van der Waals surface area contributed by atoms with E-state index in [0.29, 0.717) is 11.6 Å². The van der Waals surface area contributed by atoms with Crippen LogP contribution in [0, 0.1) is 0 Å². The van der Waals surface area contributed by atoms with Gasteiger partial charge in [0.2, 0.25) is 5.91 Å². The number of carbonyl (C=O) groups is 1. The van der Waals surface area contributed by atoms with Crippen molar-refractivity contribution in [1.82, 2.24) is 14.5 Å². The highest BCUT2D eigenvalue weighted by molar-refractivity contribution is 7.98. The number of thiazole rings is 1. The Morgan fingerprint density at radius 2 is 2.12 bits per heavy atom. The molecule has 0 unspecified atom stereocenters. The molecular formula is C17H16N4OS2. The largest absolute Gasteiger partial charge is 0.366 e. The van der Waals surface area contributed by atoms with Crippen LogP contribution in [0.15, 0.2) is 47.2 Å². The topological polar surface area (TPSA) is 73.8 Å². The van der Waals surface area contributed by atoms with Crippen LogP contribution >= 0.6 is 23.1 Å². The van der Waals surface area contributed by atoms with Gasteiger partial charge in [-0.3, -0.25) is 4.79 Å². The number of rotatable bonds is 6. The number of nitrogens with zero attached hydrogens (tertiary/aromatic N) is 3. The fourth-order valence-corrected chi connectivity index (χ4v) is 4.31. The SMILES string of the molecule is NC(=O)c1ccc(-c2nc(CSc3nccn3C3CC3)cs2)cc1. The van der Waals surface area contributed by atoms with E-state index in [1.54, 1.807) is 35.2 Å². The summed E-state index contributed by atoms with van der Waals surface area (Å²) in [6.45, 7) is 0. The molecule has 0 atom stereocenters. The molecule has 1 aromatic carbocycles. The second kappa shape index (κ2) is 6.41. The van der Waals surface area contributed by atoms with Crippen LogP contribution in [0.4, 0.5) is 0 Å². The third kappa shape index (κ3) is 3.22. The molecule has 1 fully saturated rings. The van der Waals surface area contributed by atoms with E-state index in [2.05, 4.69) is 26.1 Å². The Bertz CT molecular complexity index is 865. The Morgan fingerprint density at radius 3 is 2.83 bits per heavy atom. The summed E-state index contributed by atoms with van der Waals surface area (Å²) in [4.78, 5) is 20.3. The van der Waals surface area contributed by atoms with Gasteiger partial charge in [-0.25, -0.2) is 9.97 Å². The number of imidazole rings is 1. The van der Waals surface area contributed by atoms with Crippen molar-refractivity contribution in [3.05, 3.63) is 53.3 Å². The highest BCUT2D eigenvalue weighted by Crippen LogP contribution is 2.38. The van der Waals surface area contributed by atoms with Crippen LogP contribution in [0.1, 0.15) is 34.9 Å². The molecule has 0 saturated heterocycles. The molecule has 7 heteroatoms. The molecule has 2 heterocycles. The van der Waals surface area contributed by atoms with Crippen molar-refractivity contribution in [2.75, 3.05) is 0 Å². The van der Waals surface area contributed by atoms with E-state index in [1.165, 1.54) is 12.8 Å². The number of benzene rings is 1. The molecule has 0 bridgehead atoms. The maximum absolute atomic E-state index is 11.1. The molecule has 0 spiro atoms. The summed E-state index contributed by atoms with van der Waals surface area (Å²) < 4.78 is 2.26. The van der Waals surface area contributed by atoms with E-state index in [0.717, 1.165) is 27.2 Å². The lowest BCUT2D eigenvalue weighted by molar-refractivity contribution is 0.100. The minimum atomic E-state index is -0.413. The molecule has 5 nitrogen and oxygen atoms in total. The Kier molecular flexibility index (Phi) is 4.12. The van der Waals surface area contributed by atoms with Crippen LogP contribution in [0.2, 0.25) is 0 Å². The van der Waals surface area contributed by atoms with Crippen LogP contribution in [-0.2, 0) is 5.75 Å². The first kappa shape index (κ1) is 15.4. The lowest BCUT2D eigenvalue weighted by atomic mass is 10.1. The molecule has 122 valence electrons. The molecule has 2 N–H and O–H groups in total. The van der Waals surface area contributed by atoms with E-state index >= 15 is 0 Å². The minimum Gasteiger partial charge on any atom is -0.366 e. The highest BCUT2D eigenvalue weighted by Gasteiger charge is 2.25. The van der Waals surface area contributed by atoms with Gasteiger partial charge in [0.1, 0.15) is 5.01 Å². The van der Waals surface area contributed by atoms with Crippen molar-refractivity contribution in [1.29, 1.82) is 0 Å².